The third-order valence-electron chi connectivity index (χ3n) is 3.84. The fraction of sp³-hybridized carbons (Fsp3) is 0.533. The number of carbonyl (C=O) groups excluding carboxylic acids is 1. The number of anilines is 1. The molecule has 3 N–H and O–H groups in total. The molecule has 0 saturated carbocycles. The Labute approximate surface area is 115 Å². The largest absolute Gasteiger partial charge is 0.399 e. The molecule has 1 heterocycles. The average Bonchev–Trinajstić information content (AvgIpc) is 2.42. The Bertz CT molecular complexity index is 451. The third kappa shape index (κ3) is 3.47. The van der Waals surface area contributed by atoms with Gasteiger partial charge in [-0.05, 0) is 63.2 Å². The molecule has 0 aliphatic carbocycles. The van der Waals surface area contributed by atoms with E-state index in [-0.39, 0.29) is 5.91 Å². The number of rotatable bonds is 3. The fourth-order valence-corrected chi connectivity index (χ4v) is 2.47. The third-order valence-corrected chi connectivity index (χ3v) is 3.84. The minimum Gasteiger partial charge on any atom is -0.399 e. The summed E-state index contributed by atoms with van der Waals surface area (Å²) < 4.78 is 0. The number of carbonyl (C=O) groups is 1. The zero-order valence-corrected chi connectivity index (χ0v) is 11.8. The molecule has 2 rings (SSSR count). The van der Waals surface area contributed by atoms with E-state index in [9.17, 15) is 4.79 Å². The van der Waals surface area contributed by atoms with E-state index in [2.05, 4.69) is 17.3 Å². The van der Waals surface area contributed by atoms with Crippen molar-refractivity contribution >= 4 is 11.6 Å². The number of nitrogens with zero attached hydrogens (tertiary/aromatic N) is 1. The quantitative estimate of drug-likeness (QED) is 0.814. The average molecular weight is 261 g/mol. The molecule has 1 amide bonds. The first-order valence-corrected chi connectivity index (χ1v) is 6.98. The minimum absolute atomic E-state index is 0.0178. The lowest BCUT2D eigenvalue weighted by Gasteiger charge is -2.29. The number of hydrogen-bond donors (Lipinski definition) is 2. The molecule has 0 spiro atoms. The van der Waals surface area contributed by atoms with Gasteiger partial charge >= 0.3 is 0 Å². The van der Waals surface area contributed by atoms with Gasteiger partial charge in [0.05, 0.1) is 0 Å². The number of hydrogen-bond acceptors (Lipinski definition) is 3. The summed E-state index contributed by atoms with van der Waals surface area (Å²) in [5.74, 6) is 0.0178. The summed E-state index contributed by atoms with van der Waals surface area (Å²) in [6, 6.07) is 5.83. The second-order valence-corrected chi connectivity index (χ2v) is 5.32. The molecule has 0 aromatic heterocycles. The van der Waals surface area contributed by atoms with E-state index in [1.807, 2.05) is 19.1 Å². The van der Waals surface area contributed by atoms with Crippen molar-refractivity contribution in [1.82, 2.24) is 10.2 Å². The van der Waals surface area contributed by atoms with Gasteiger partial charge in [0.2, 0.25) is 0 Å². The summed E-state index contributed by atoms with van der Waals surface area (Å²) in [7, 11) is 2.12. The predicted octanol–water partition coefficient (Wildman–Crippen LogP) is 1.66. The lowest BCUT2D eigenvalue weighted by atomic mass is 10.0. The Hall–Kier alpha value is -1.55. The van der Waals surface area contributed by atoms with Crippen molar-refractivity contribution in [1.29, 1.82) is 0 Å². The number of nitrogens with one attached hydrogen (secondary N) is 1. The zero-order chi connectivity index (χ0) is 13.8. The summed E-state index contributed by atoms with van der Waals surface area (Å²) in [6.45, 7) is 4.14. The van der Waals surface area contributed by atoms with E-state index in [0.717, 1.165) is 43.6 Å². The highest BCUT2D eigenvalue weighted by atomic mass is 16.1. The van der Waals surface area contributed by atoms with Crippen molar-refractivity contribution in [3.63, 3.8) is 0 Å². The van der Waals surface area contributed by atoms with Crippen LogP contribution in [0.15, 0.2) is 18.2 Å². The van der Waals surface area contributed by atoms with Gasteiger partial charge in [0.1, 0.15) is 0 Å². The van der Waals surface area contributed by atoms with Gasteiger partial charge in [-0.1, -0.05) is 6.92 Å². The number of nitrogen functional groups attached to an aromatic ring is 1. The van der Waals surface area contributed by atoms with Crippen LogP contribution in [0.3, 0.4) is 0 Å². The molecule has 0 unspecified atom stereocenters. The van der Waals surface area contributed by atoms with Gasteiger partial charge in [-0.2, -0.15) is 0 Å². The van der Waals surface area contributed by atoms with Crippen molar-refractivity contribution < 1.29 is 4.79 Å². The monoisotopic (exact) mass is 261 g/mol. The van der Waals surface area contributed by atoms with E-state index in [1.165, 1.54) is 0 Å². The molecule has 104 valence electrons. The standard InChI is InChI=1S/C15H23N3O/c1-3-11-10-12(4-5-14(11)16)15(19)17-13-6-8-18(2)9-7-13/h4-5,10,13H,3,6-9,16H2,1-2H3,(H,17,19). The Balaban J connectivity index is 2.00. The van der Waals surface area contributed by atoms with Crippen molar-refractivity contribution in [2.24, 2.45) is 0 Å². The molecule has 0 bridgehead atoms. The van der Waals surface area contributed by atoms with Crippen molar-refractivity contribution in [3.8, 4) is 0 Å². The van der Waals surface area contributed by atoms with Crippen LogP contribution in [0.4, 0.5) is 5.69 Å². The molecule has 1 saturated heterocycles. The minimum atomic E-state index is 0.0178. The smallest absolute Gasteiger partial charge is 0.251 e. The highest BCUT2D eigenvalue weighted by molar-refractivity contribution is 5.95. The summed E-state index contributed by atoms with van der Waals surface area (Å²) in [4.78, 5) is 14.5. The molecule has 1 fully saturated rings. The zero-order valence-electron chi connectivity index (χ0n) is 11.8. The molecule has 4 nitrogen and oxygen atoms in total. The fourth-order valence-electron chi connectivity index (χ4n) is 2.47. The molecule has 0 radical (unpaired) electrons. The molecule has 19 heavy (non-hydrogen) atoms. The van der Waals surface area contributed by atoms with Gasteiger partial charge in [0, 0.05) is 17.3 Å². The maximum atomic E-state index is 12.2. The Morgan fingerprint density at radius 2 is 2.11 bits per heavy atom. The van der Waals surface area contributed by atoms with Crippen LogP contribution in [0.2, 0.25) is 0 Å². The molecule has 1 aromatic carbocycles. The normalized spacial score (nSPS) is 17.4. The molecule has 0 atom stereocenters. The first kappa shape index (κ1) is 13.9. The van der Waals surface area contributed by atoms with Crippen LogP contribution in [0.5, 0.6) is 0 Å². The van der Waals surface area contributed by atoms with Gasteiger partial charge in [-0.3, -0.25) is 4.79 Å². The lowest BCUT2D eigenvalue weighted by Crippen LogP contribution is -2.43. The van der Waals surface area contributed by atoms with Gasteiger partial charge < -0.3 is 16.0 Å². The topological polar surface area (TPSA) is 58.4 Å². The Morgan fingerprint density at radius 3 is 2.74 bits per heavy atom. The highest BCUT2D eigenvalue weighted by Gasteiger charge is 2.19. The van der Waals surface area contributed by atoms with Crippen LogP contribution in [0.25, 0.3) is 0 Å². The van der Waals surface area contributed by atoms with Crippen LogP contribution < -0.4 is 11.1 Å². The summed E-state index contributed by atoms with van der Waals surface area (Å²) in [6.07, 6.45) is 2.90. The van der Waals surface area contributed by atoms with Gasteiger partial charge in [-0.15, -0.1) is 0 Å². The van der Waals surface area contributed by atoms with Crippen molar-refractivity contribution in [2.45, 2.75) is 32.2 Å². The number of piperidine rings is 1. The summed E-state index contributed by atoms with van der Waals surface area (Å²) in [5, 5.41) is 3.12. The van der Waals surface area contributed by atoms with Crippen molar-refractivity contribution in [2.75, 3.05) is 25.9 Å². The van der Waals surface area contributed by atoms with Crippen LogP contribution in [0, 0.1) is 0 Å². The second-order valence-electron chi connectivity index (χ2n) is 5.32. The first-order chi connectivity index (χ1) is 9.10. The molecular formula is C15H23N3O. The van der Waals surface area contributed by atoms with Crippen molar-refractivity contribution in [3.05, 3.63) is 29.3 Å². The molecule has 1 aliphatic rings. The lowest BCUT2D eigenvalue weighted by molar-refractivity contribution is 0.0917. The molecule has 1 aliphatic heterocycles. The maximum absolute atomic E-state index is 12.2. The Kier molecular flexibility index (Phi) is 4.43. The molecular weight excluding hydrogens is 238 g/mol. The Morgan fingerprint density at radius 1 is 1.42 bits per heavy atom. The van der Waals surface area contributed by atoms with Crippen LogP contribution in [0.1, 0.15) is 35.7 Å². The van der Waals surface area contributed by atoms with E-state index >= 15 is 0 Å². The van der Waals surface area contributed by atoms with Crippen LogP contribution in [-0.4, -0.2) is 37.0 Å². The number of likely N-dealkylation sites (tertiary alicyclic amines) is 1. The number of aryl methyl sites for hydroxylation is 1. The summed E-state index contributed by atoms with van der Waals surface area (Å²) >= 11 is 0. The number of amides is 1. The molecule has 1 aromatic rings. The first-order valence-electron chi connectivity index (χ1n) is 6.98. The van der Waals surface area contributed by atoms with E-state index in [4.69, 9.17) is 5.73 Å². The van der Waals surface area contributed by atoms with E-state index < -0.39 is 0 Å². The maximum Gasteiger partial charge on any atom is 0.251 e. The van der Waals surface area contributed by atoms with Crippen LogP contribution in [-0.2, 0) is 6.42 Å². The van der Waals surface area contributed by atoms with E-state index in [1.54, 1.807) is 6.07 Å². The second kappa shape index (κ2) is 6.06. The van der Waals surface area contributed by atoms with Gasteiger partial charge in [0.15, 0.2) is 0 Å². The molecule has 4 heteroatoms. The predicted molar refractivity (Wildman–Crippen MR) is 78.2 cm³/mol. The summed E-state index contributed by atoms with van der Waals surface area (Å²) in [5.41, 5.74) is 8.38. The number of benzene rings is 1. The number of nitrogens with two attached hydrogens (primary N) is 1. The van der Waals surface area contributed by atoms with Crippen LogP contribution >= 0.6 is 0 Å². The highest BCUT2D eigenvalue weighted by Crippen LogP contribution is 2.16. The van der Waals surface area contributed by atoms with Gasteiger partial charge in [0.25, 0.3) is 5.91 Å². The SMILES string of the molecule is CCc1cc(C(=O)NC2CCN(C)CC2)ccc1N. The van der Waals surface area contributed by atoms with Gasteiger partial charge in [-0.25, -0.2) is 0 Å². The van der Waals surface area contributed by atoms with E-state index in [0.29, 0.717) is 11.6 Å².